The van der Waals surface area contributed by atoms with Crippen molar-refractivity contribution in [2.24, 2.45) is 10.9 Å². The van der Waals surface area contributed by atoms with Gasteiger partial charge in [-0.25, -0.2) is 4.99 Å². The third kappa shape index (κ3) is 8.08. The summed E-state index contributed by atoms with van der Waals surface area (Å²) in [5.74, 6) is 2.00. The maximum atomic E-state index is 12.1. The fourth-order valence-electron chi connectivity index (χ4n) is 4.00. The van der Waals surface area contributed by atoms with Crippen LogP contribution in [0.25, 0.3) is 0 Å². The minimum atomic E-state index is -0.0193. The summed E-state index contributed by atoms with van der Waals surface area (Å²) in [6.07, 6.45) is 3.49. The lowest BCUT2D eigenvalue weighted by molar-refractivity contribution is -0.127. The van der Waals surface area contributed by atoms with Gasteiger partial charge in [-0.3, -0.25) is 9.69 Å². The van der Waals surface area contributed by atoms with E-state index in [1.165, 1.54) is 18.4 Å². The molecule has 2 N–H and O–H groups in total. The average molecular weight is 559 g/mol. The van der Waals surface area contributed by atoms with Gasteiger partial charge in [-0.2, -0.15) is 0 Å². The SMILES string of the molecule is COc1cccc(C(CNC(=NCC(=O)N(C)C)NCC2CCOC2)N2CCCC2)c1.I. The number of rotatable bonds is 9. The number of likely N-dealkylation sites (N-methyl/N-ethyl adjacent to an activating group) is 1. The molecule has 180 valence electrons. The minimum absolute atomic E-state index is 0. The number of nitrogens with one attached hydrogen (secondary N) is 2. The lowest BCUT2D eigenvalue weighted by Gasteiger charge is -2.29. The third-order valence-corrected chi connectivity index (χ3v) is 5.98. The molecule has 3 rings (SSSR count). The van der Waals surface area contributed by atoms with Crippen LogP contribution in [0.1, 0.15) is 30.9 Å². The number of ether oxygens (including phenoxy) is 2. The van der Waals surface area contributed by atoms with E-state index in [0.717, 1.165) is 45.0 Å². The Morgan fingerprint density at radius 2 is 2.09 bits per heavy atom. The van der Waals surface area contributed by atoms with Crippen molar-refractivity contribution in [2.45, 2.75) is 25.3 Å². The number of halogens is 1. The van der Waals surface area contributed by atoms with Crippen LogP contribution in [0, 0.1) is 5.92 Å². The summed E-state index contributed by atoms with van der Waals surface area (Å²) in [5.41, 5.74) is 1.22. The quantitative estimate of drug-likeness (QED) is 0.274. The molecule has 2 fully saturated rings. The number of guanidine groups is 1. The van der Waals surface area contributed by atoms with Crippen molar-refractivity contribution in [1.82, 2.24) is 20.4 Å². The van der Waals surface area contributed by atoms with Crippen molar-refractivity contribution in [1.29, 1.82) is 0 Å². The fraction of sp³-hybridized carbons (Fsp3) is 0.652. The van der Waals surface area contributed by atoms with Crippen LogP contribution < -0.4 is 15.4 Å². The number of nitrogens with zero attached hydrogens (tertiary/aromatic N) is 3. The van der Waals surface area contributed by atoms with Crippen LogP contribution in [-0.2, 0) is 9.53 Å². The zero-order valence-corrected chi connectivity index (χ0v) is 21.8. The van der Waals surface area contributed by atoms with Gasteiger partial charge in [0, 0.05) is 39.7 Å². The van der Waals surface area contributed by atoms with Gasteiger partial charge in [0.25, 0.3) is 0 Å². The molecular formula is C23H38IN5O3. The third-order valence-electron chi connectivity index (χ3n) is 5.98. The zero-order chi connectivity index (χ0) is 22.1. The number of carbonyl (C=O) groups is 1. The molecule has 1 amide bonds. The van der Waals surface area contributed by atoms with E-state index >= 15 is 0 Å². The van der Waals surface area contributed by atoms with E-state index in [2.05, 4.69) is 32.7 Å². The molecule has 0 aromatic heterocycles. The van der Waals surface area contributed by atoms with Gasteiger partial charge >= 0.3 is 0 Å². The molecule has 1 aromatic rings. The van der Waals surface area contributed by atoms with Crippen LogP contribution in [0.3, 0.4) is 0 Å². The second-order valence-electron chi connectivity index (χ2n) is 8.48. The summed E-state index contributed by atoms with van der Waals surface area (Å²) >= 11 is 0. The molecule has 0 aliphatic carbocycles. The van der Waals surface area contributed by atoms with E-state index in [1.807, 2.05) is 12.1 Å². The molecule has 2 aliphatic rings. The monoisotopic (exact) mass is 559 g/mol. The number of carbonyl (C=O) groups excluding carboxylic acids is 1. The van der Waals surface area contributed by atoms with Gasteiger partial charge in [0.1, 0.15) is 12.3 Å². The van der Waals surface area contributed by atoms with E-state index in [0.29, 0.717) is 18.4 Å². The molecular weight excluding hydrogens is 521 g/mol. The highest BCUT2D eigenvalue weighted by Crippen LogP contribution is 2.27. The first-order valence-electron chi connectivity index (χ1n) is 11.2. The molecule has 0 radical (unpaired) electrons. The van der Waals surface area contributed by atoms with E-state index in [9.17, 15) is 4.79 Å². The van der Waals surface area contributed by atoms with Crippen molar-refractivity contribution in [3.63, 3.8) is 0 Å². The number of aliphatic imine (C=N–C) groups is 1. The maximum absolute atomic E-state index is 12.1. The van der Waals surface area contributed by atoms with Gasteiger partial charge in [-0.1, -0.05) is 12.1 Å². The normalized spacial score (nSPS) is 19.8. The Labute approximate surface area is 209 Å². The predicted molar refractivity (Wildman–Crippen MR) is 138 cm³/mol. The first-order chi connectivity index (χ1) is 15.1. The van der Waals surface area contributed by atoms with Crippen molar-refractivity contribution in [2.75, 3.05) is 67.1 Å². The van der Waals surface area contributed by atoms with Crippen molar-refractivity contribution in [3.05, 3.63) is 29.8 Å². The average Bonchev–Trinajstić information content (AvgIpc) is 3.49. The Balaban J connectivity index is 0.00000363. The summed E-state index contributed by atoms with van der Waals surface area (Å²) in [6, 6.07) is 8.50. The number of likely N-dealkylation sites (tertiary alicyclic amines) is 1. The Morgan fingerprint density at radius 1 is 1.31 bits per heavy atom. The van der Waals surface area contributed by atoms with Gasteiger partial charge in [-0.05, 0) is 50.0 Å². The van der Waals surface area contributed by atoms with Gasteiger partial charge in [0.2, 0.25) is 5.91 Å². The first kappa shape index (κ1) is 26.7. The zero-order valence-electron chi connectivity index (χ0n) is 19.5. The molecule has 32 heavy (non-hydrogen) atoms. The van der Waals surface area contributed by atoms with E-state index in [4.69, 9.17) is 9.47 Å². The molecule has 2 aliphatic heterocycles. The smallest absolute Gasteiger partial charge is 0.243 e. The second-order valence-corrected chi connectivity index (χ2v) is 8.48. The van der Waals surface area contributed by atoms with Crippen molar-refractivity contribution >= 4 is 35.8 Å². The molecule has 1 aromatic carbocycles. The standard InChI is InChI=1S/C23H37N5O3.HI/c1-27(2)22(29)16-26-23(24-14-18-9-12-31-17-18)25-15-21(28-10-4-5-11-28)19-7-6-8-20(13-19)30-3;/h6-8,13,18,21H,4-5,9-12,14-17H2,1-3H3,(H2,24,25,26);1H. The van der Waals surface area contributed by atoms with Crippen LogP contribution in [0.4, 0.5) is 0 Å². The van der Waals surface area contributed by atoms with E-state index in [1.54, 1.807) is 26.1 Å². The lowest BCUT2D eigenvalue weighted by atomic mass is 10.1. The first-order valence-corrected chi connectivity index (χ1v) is 11.2. The largest absolute Gasteiger partial charge is 0.497 e. The van der Waals surface area contributed by atoms with E-state index in [-0.39, 0.29) is 42.5 Å². The van der Waals surface area contributed by atoms with Gasteiger partial charge in [-0.15, -0.1) is 24.0 Å². The molecule has 9 heteroatoms. The molecule has 0 bridgehead atoms. The molecule has 2 saturated heterocycles. The summed E-state index contributed by atoms with van der Waals surface area (Å²) in [5, 5.41) is 6.92. The molecule has 2 atom stereocenters. The predicted octanol–water partition coefficient (Wildman–Crippen LogP) is 2.11. The van der Waals surface area contributed by atoms with Crippen LogP contribution in [0.5, 0.6) is 5.75 Å². The van der Waals surface area contributed by atoms with Gasteiger partial charge in [0.15, 0.2) is 5.96 Å². The topological polar surface area (TPSA) is 78.4 Å². The molecule has 8 nitrogen and oxygen atoms in total. The summed E-state index contributed by atoms with van der Waals surface area (Å²) in [4.78, 5) is 20.7. The van der Waals surface area contributed by atoms with Crippen molar-refractivity contribution < 1.29 is 14.3 Å². The Bertz CT molecular complexity index is 734. The summed E-state index contributed by atoms with van der Waals surface area (Å²) < 4.78 is 10.9. The Kier molecular flexibility index (Phi) is 11.5. The maximum Gasteiger partial charge on any atom is 0.243 e. The highest BCUT2D eigenvalue weighted by atomic mass is 127. The number of hydrogen-bond acceptors (Lipinski definition) is 5. The number of benzene rings is 1. The van der Waals surface area contributed by atoms with Crippen LogP contribution in [-0.4, -0.2) is 88.8 Å². The number of methoxy groups -OCH3 is 1. The van der Waals surface area contributed by atoms with Crippen LogP contribution >= 0.6 is 24.0 Å². The molecule has 2 unspecified atom stereocenters. The fourth-order valence-corrected chi connectivity index (χ4v) is 4.00. The molecule has 2 heterocycles. The van der Waals surface area contributed by atoms with Gasteiger partial charge in [0.05, 0.1) is 19.8 Å². The lowest BCUT2D eigenvalue weighted by Crippen LogP contribution is -2.44. The minimum Gasteiger partial charge on any atom is -0.497 e. The number of amides is 1. The van der Waals surface area contributed by atoms with Crippen molar-refractivity contribution in [3.8, 4) is 5.75 Å². The molecule has 0 saturated carbocycles. The summed E-state index contributed by atoms with van der Waals surface area (Å²) in [6.45, 7) is 5.38. The Morgan fingerprint density at radius 3 is 2.75 bits per heavy atom. The second kappa shape index (κ2) is 13.8. The van der Waals surface area contributed by atoms with E-state index < -0.39 is 0 Å². The highest BCUT2D eigenvalue weighted by molar-refractivity contribution is 14.0. The van der Waals surface area contributed by atoms with Crippen LogP contribution in [0.2, 0.25) is 0 Å². The molecule has 0 spiro atoms. The highest BCUT2D eigenvalue weighted by Gasteiger charge is 2.24. The Hall–Kier alpha value is -1.59. The van der Waals surface area contributed by atoms with Gasteiger partial charge < -0.3 is 25.0 Å². The number of hydrogen-bond donors (Lipinski definition) is 2. The summed E-state index contributed by atoms with van der Waals surface area (Å²) in [7, 11) is 5.20. The van der Waals surface area contributed by atoms with Crippen LogP contribution in [0.15, 0.2) is 29.3 Å².